The molecule has 8 heteroatoms. The van der Waals surface area contributed by atoms with Crippen LogP contribution in [0.2, 0.25) is 5.02 Å². The molecule has 176 valence electrons. The van der Waals surface area contributed by atoms with Crippen molar-refractivity contribution in [1.29, 1.82) is 0 Å². The van der Waals surface area contributed by atoms with Crippen LogP contribution in [0.5, 0.6) is 0 Å². The highest BCUT2D eigenvalue weighted by atomic mass is 35.5. The Kier molecular flexibility index (Phi) is 7.56. The van der Waals surface area contributed by atoms with E-state index in [4.69, 9.17) is 11.6 Å². The lowest BCUT2D eigenvalue weighted by Gasteiger charge is -2.29. The highest BCUT2D eigenvalue weighted by molar-refractivity contribution is 7.97. The van der Waals surface area contributed by atoms with Gasteiger partial charge in [0.15, 0.2) is 0 Å². The summed E-state index contributed by atoms with van der Waals surface area (Å²) in [5.74, 6) is 0.869. The second-order valence-electron chi connectivity index (χ2n) is 8.39. The van der Waals surface area contributed by atoms with Crippen LogP contribution < -0.4 is 20.3 Å². The Labute approximate surface area is 209 Å². The molecule has 1 fully saturated rings. The average Bonchev–Trinajstić information content (AvgIpc) is 3.27. The molecule has 0 unspecified atom stereocenters. The van der Waals surface area contributed by atoms with Gasteiger partial charge >= 0.3 is 0 Å². The number of nitrogens with zero attached hydrogens (tertiary/aromatic N) is 2. The third-order valence-corrected chi connectivity index (χ3v) is 7.09. The van der Waals surface area contributed by atoms with Crippen LogP contribution in [0.25, 0.3) is 10.9 Å². The van der Waals surface area contributed by atoms with Gasteiger partial charge in [-0.3, -0.25) is 4.72 Å². The average molecular weight is 493 g/mol. The van der Waals surface area contributed by atoms with Crippen molar-refractivity contribution in [3.05, 3.63) is 77.6 Å². The minimum absolute atomic E-state index is 0.781. The molecule has 2 aromatic heterocycles. The molecule has 0 atom stereocenters. The first-order valence-electron chi connectivity index (χ1n) is 11.7. The maximum atomic E-state index is 6.15. The Hall–Kier alpha value is -2.71. The van der Waals surface area contributed by atoms with Crippen LogP contribution in [0, 0.1) is 0 Å². The van der Waals surface area contributed by atoms with Gasteiger partial charge in [0.2, 0.25) is 0 Å². The Balaban J connectivity index is 1.08. The Morgan fingerprint density at radius 1 is 1.03 bits per heavy atom. The molecule has 3 heterocycles. The minimum Gasteiger partial charge on any atom is -0.369 e. The van der Waals surface area contributed by atoms with Crippen molar-refractivity contribution in [2.45, 2.75) is 17.7 Å². The van der Waals surface area contributed by atoms with Crippen LogP contribution in [0.15, 0.2) is 71.9 Å². The van der Waals surface area contributed by atoms with E-state index < -0.39 is 0 Å². The molecule has 34 heavy (non-hydrogen) atoms. The lowest BCUT2D eigenvalue weighted by Crippen LogP contribution is -2.43. The monoisotopic (exact) mass is 492 g/mol. The standard InChI is InChI=1S/C26H29ClN6S/c27-20-3-8-25-24(16-20)19(18-30-25)2-1-10-31-34-23-6-4-21(5-7-23)32-26-17-22(9-11-29-26)33-14-12-28-13-15-33/h3-9,11,16-18,28,30-31H,1-2,10,12-15H2,(H,29,32). The van der Waals surface area contributed by atoms with Gasteiger partial charge in [-0.2, -0.15) is 0 Å². The zero-order valence-corrected chi connectivity index (χ0v) is 20.6. The molecule has 4 N–H and O–H groups in total. The van der Waals surface area contributed by atoms with Gasteiger partial charge in [-0.15, -0.1) is 0 Å². The minimum atomic E-state index is 0.781. The second kappa shape index (κ2) is 11.1. The smallest absolute Gasteiger partial charge is 0.132 e. The first kappa shape index (κ1) is 23.1. The van der Waals surface area contributed by atoms with Crippen LogP contribution in [-0.2, 0) is 6.42 Å². The number of benzene rings is 2. The molecule has 1 aliphatic heterocycles. The largest absolute Gasteiger partial charge is 0.369 e. The fourth-order valence-corrected chi connectivity index (χ4v) is 5.06. The van der Waals surface area contributed by atoms with Crippen LogP contribution >= 0.6 is 23.5 Å². The molecule has 1 aliphatic rings. The molecule has 1 saturated heterocycles. The Morgan fingerprint density at radius 2 is 1.88 bits per heavy atom. The quantitative estimate of drug-likeness (QED) is 0.180. The van der Waals surface area contributed by atoms with E-state index in [2.05, 4.69) is 72.8 Å². The third kappa shape index (κ3) is 5.85. The van der Waals surface area contributed by atoms with Crippen molar-refractivity contribution in [3.63, 3.8) is 0 Å². The summed E-state index contributed by atoms with van der Waals surface area (Å²) in [6, 6.07) is 18.6. The van der Waals surface area contributed by atoms with E-state index in [-0.39, 0.29) is 0 Å². The summed E-state index contributed by atoms with van der Waals surface area (Å²) >= 11 is 7.82. The molecular weight excluding hydrogens is 464 g/mol. The second-order valence-corrected chi connectivity index (χ2v) is 9.79. The predicted octanol–water partition coefficient (Wildman–Crippen LogP) is 5.60. The number of aromatic amines is 1. The molecule has 0 saturated carbocycles. The van der Waals surface area contributed by atoms with E-state index in [9.17, 15) is 0 Å². The number of H-pyrrole nitrogens is 1. The Morgan fingerprint density at radius 3 is 2.74 bits per heavy atom. The van der Waals surface area contributed by atoms with Crippen LogP contribution in [0.3, 0.4) is 0 Å². The van der Waals surface area contributed by atoms with Gasteiger partial charge in [-0.1, -0.05) is 11.6 Å². The highest BCUT2D eigenvalue weighted by Gasteiger charge is 2.11. The number of aryl methyl sites for hydroxylation is 1. The number of hydrogen-bond donors (Lipinski definition) is 4. The van der Waals surface area contributed by atoms with E-state index in [1.807, 2.05) is 24.4 Å². The maximum Gasteiger partial charge on any atom is 0.132 e. The van der Waals surface area contributed by atoms with Gasteiger partial charge in [-0.25, -0.2) is 4.98 Å². The summed E-state index contributed by atoms with van der Waals surface area (Å²) in [5.41, 5.74) is 4.70. The number of piperazine rings is 1. The number of anilines is 3. The van der Waals surface area contributed by atoms with E-state index in [1.54, 1.807) is 11.9 Å². The molecule has 4 aromatic rings. The number of nitrogens with one attached hydrogen (secondary N) is 4. The number of hydrogen-bond acceptors (Lipinski definition) is 6. The third-order valence-electron chi connectivity index (χ3n) is 6.00. The Bertz CT molecular complexity index is 1220. The molecule has 0 bridgehead atoms. The van der Waals surface area contributed by atoms with Crippen molar-refractivity contribution in [2.75, 3.05) is 42.9 Å². The van der Waals surface area contributed by atoms with Crippen LogP contribution in [0.1, 0.15) is 12.0 Å². The first-order valence-corrected chi connectivity index (χ1v) is 12.9. The summed E-state index contributed by atoms with van der Waals surface area (Å²) < 4.78 is 3.47. The van der Waals surface area contributed by atoms with Crippen molar-refractivity contribution in [2.24, 2.45) is 0 Å². The van der Waals surface area contributed by atoms with Crippen molar-refractivity contribution in [1.82, 2.24) is 20.0 Å². The first-order chi connectivity index (χ1) is 16.7. The SMILES string of the molecule is Clc1ccc2[nH]cc(CCCNSc3ccc(Nc4cc(N5CCNCC5)ccn4)cc3)c2c1. The van der Waals surface area contributed by atoms with Gasteiger partial charge < -0.3 is 20.5 Å². The molecular formula is C26H29ClN6S. The molecule has 0 spiro atoms. The normalized spacial score (nSPS) is 14.0. The summed E-state index contributed by atoms with van der Waals surface area (Å²) in [6.45, 7) is 5.03. The van der Waals surface area contributed by atoms with E-state index in [1.165, 1.54) is 21.5 Å². The number of rotatable bonds is 9. The molecule has 0 radical (unpaired) electrons. The number of fused-ring (bicyclic) bond motifs is 1. The summed E-state index contributed by atoms with van der Waals surface area (Å²) in [6.07, 6.45) is 6.03. The molecule has 5 rings (SSSR count). The molecule has 0 amide bonds. The van der Waals surface area contributed by atoms with E-state index in [0.29, 0.717) is 0 Å². The lowest BCUT2D eigenvalue weighted by atomic mass is 10.1. The maximum absolute atomic E-state index is 6.15. The summed E-state index contributed by atoms with van der Waals surface area (Å²) in [4.78, 5) is 11.4. The van der Waals surface area contributed by atoms with Crippen molar-refractivity contribution in [3.8, 4) is 0 Å². The van der Waals surface area contributed by atoms with Gasteiger partial charge in [0.1, 0.15) is 5.82 Å². The zero-order valence-electron chi connectivity index (χ0n) is 19.0. The van der Waals surface area contributed by atoms with Crippen molar-refractivity contribution >= 4 is 51.6 Å². The van der Waals surface area contributed by atoms with E-state index in [0.717, 1.165) is 67.6 Å². The fourth-order valence-electron chi connectivity index (χ4n) is 4.20. The van der Waals surface area contributed by atoms with Crippen molar-refractivity contribution < 1.29 is 0 Å². The number of halogens is 1. The molecule has 2 aromatic carbocycles. The topological polar surface area (TPSA) is 68.0 Å². The van der Waals surface area contributed by atoms with Gasteiger partial charge in [0, 0.05) is 83.4 Å². The van der Waals surface area contributed by atoms with Crippen LogP contribution in [0.4, 0.5) is 17.2 Å². The summed E-state index contributed by atoms with van der Waals surface area (Å²) in [7, 11) is 0. The predicted molar refractivity (Wildman–Crippen MR) is 145 cm³/mol. The van der Waals surface area contributed by atoms with Gasteiger partial charge in [0.25, 0.3) is 0 Å². The fraction of sp³-hybridized carbons (Fsp3) is 0.269. The van der Waals surface area contributed by atoms with Gasteiger partial charge in [0.05, 0.1) is 0 Å². The van der Waals surface area contributed by atoms with Crippen LogP contribution in [-0.4, -0.2) is 42.7 Å². The molecule has 0 aliphatic carbocycles. The number of aromatic nitrogens is 2. The molecule has 6 nitrogen and oxygen atoms in total. The summed E-state index contributed by atoms with van der Waals surface area (Å²) in [5, 5.41) is 8.82. The number of pyridine rings is 1. The highest BCUT2D eigenvalue weighted by Crippen LogP contribution is 2.25. The lowest BCUT2D eigenvalue weighted by molar-refractivity contribution is 0.589. The van der Waals surface area contributed by atoms with Gasteiger partial charge in [-0.05, 0) is 78.9 Å². The van der Waals surface area contributed by atoms with E-state index >= 15 is 0 Å². The zero-order chi connectivity index (χ0) is 23.2.